The first kappa shape index (κ1) is 14.7. The SMILES string of the molecule is CCOC(=O)CCN(CCOC)C(=N)NC. The number of hydrogen-bond acceptors (Lipinski definition) is 4. The van der Waals surface area contributed by atoms with E-state index in [4.69, 9.17) is 14.9 Å². The number of esters is 1. The van der Waals surface area contributed by atoms with Gasteiger partial charge in [0, 0.05) is 27.2 Å². The van der Waals surface area contributed by atoms with Crippen molar-refractivity contribution in [2.24, 2.45) is 0 Å². The Labute approximate surface area is 96.4 Å². The fourth-order valence-electron chi connectivity index (χ4n) is 1.15. The van der Waals surface area contributed by atoms with E-state index in [0.717, 1.165) is 0 Å². The van der Waals surface area contributed by atoms with E-state index in [2.05, 4.69) is 5.32 Å². The molecule has 0 aliphatic rings. The first-order valence-corrected chi connectivity index (χ1v) is 5.31. The summed E-state index contributed by atoms with van der Waals surface area (Å²) in [6.45, 7) is 3.72. The molecular formula is C10H21N3O3. The Kier molecular flexibility index (Phi) is 8.24. The molecule has 0 saturated carbocycles. The smallest absolute Gasteiger partial charge is 0.307 e. The number of carbonyl (C=O) groups excluding carboxylic acids is 1. The summed E-state index contributed by atoms with van der Waals surface area (Å²) in [7, 11) is 3.28. The van der Waals surface area contributed by atoms with Gasteiger partial charge < -0.3 is 19.7 Å². The number of ether oxygens (including phenoxy) is 2. The lowest BCUT2D eigenvalue weighted by Crippen LogP contribution is -2.41. The highest BCUT2D eigenvalue weighted by Crippen LogP contribution is 1.94. The van der Waals surface area contributed by atoms with Crippen LogP contribution < -0.4 is 5.32 Å². The molecular weight excluding hydrogens is 210 g/mol. The summed E-state index contributed by atoms with van der Waals surface area (Å²) in [6, 6.07) is 0. The molecule has 6 nitrogen and oxygen atoms in total. The predicted molar refractivity (Wildman–Crippen MR) is 61.5 cm³/mol. The van der Waals surface area contributed by atoms with Crippen molar-refractivity contribution in [3.63, 3.8) is 0 Å². The van der Waals surface area contributed by atoms with Crippen LogP contribution in [0.3, 0.4) is 0 Å². The topological polar surface area (TPSA) is 74.6 Å². The summed E-state index contributed by atoms with van der Waals surface area (Å²) in [5, 5.41) is 10.4. The molecule has 16 heavy (non-hydrogen) atoms. The van der Waals surface area contributed by atoms with Gasteiger partial charge in [0.1, 0.15) is 0 Å². The molecule has 0 atom stereocenters. The Morgan fingerprint density at radius 3 is 2.62 bits per heavy atom. The molecule has 0 spiro atoms. The number of guanidine groups is 1. The van der Waals surface area contributed by atoms with Gasteiger partial charge in [-0.3, -0.25) is 10.2 Å². The van der Waals surface area contributed by atoms with E-state index in [1.807, 2.05) is 0 Å². The van der Waals surface area contributed by atoms with Crippen molar-refractivity contribution < 1.29 is 14.3 Å². The van der Waals surface area contributed by atoms with Gasteiger partial charge in [-0.1, -0.05) is 0 Å². The maximum Gasteiger partial charge on any atom is 0.307 e. The average Bonchev–Trinajstić information content (AvgIpc) is 2.28. The minimum absolute atomic E-state index is 0.242. The molecule has 0 unspecified atom stereocenters. The highest BCUT2D eigenvalue weighted by atomic mass is 16.5. The van der Waals surface area contributed by atoms with Crippen molar-refractivity contribution in [3.8, 4) is 0 Å². The second-order valence-electron chi connectivity index (χ2n) is 3.13. The summed E-state index contributed by atoms with van der Waals surface area (Å²) < 4.78 is 9.76. The first-order chi connectivity index (χ1) is 7.65. The van der Waals surface area contributed by atoms with Gasteiger partial charge in [-0.05, 0) is 6.92 Å². The average molecular weight is 231 g/mol. The van der Waals surface area contributed by atoms with E-state index < -0.39 is 0 Å². The second-order valence-corrected chi connectivity index (χ2v) is 3.13. The molecule has 94 valence electrons. The van der Waals surface area contributed by atoms with Gasteiger partial charge in [-0.25, -0.2) is 0 Å². The molecule has 0 rings (SSSR count). The number of nitrogens with zero attached hydrogens (tertiary/aromatic N) is 1. The monoisotopic (exact) mass is 231 g/mol. The molecule has 0 bridgehead atoms. The predicted octanol–water partition coefficient (Wildman–Crippen LogP) is 0.0422. The Morgan fingerprint density at radius 1 is 1.44 bits per heavy atom. The van der Waals surface area contributed by atoms with E-state index in [-0.39, 0.29) is 18.3 Å². The maximum atomic E-state index is 11.2. The fraction of sp³-hybridized carbons (Fsp3) is 0.800. The summed E-state index contributed by atoms with van der Waals surface area (Å²) in [5.74, 6) is 0.0372. The number of carbonyl (C=O) groups is 1. The van der Waals surface area contributed by atoms with Crippen LogP contribution in [0, 0.1) is 5.41 Å². The Hall–Kier alpha value is -1.30. The highest BCUT2D eigenvalue weighted by molar-refractivity contribution is 5.77. The van der Waals surface area contributed by atoms with Crippen LogP contribution in [0.4, 0.5) is 0 Å². The molecule has 0 saturated heterocycles. The quantitative estimate of drug-likeness (QED) is 0.368. The maximum absolute atomic E-state index is 11.2. The standard InChI is InChI=1S/C10H21N3O3/c1-4-16-9(14)5-6-13(7-8-15-3)10(11)12-2/h4-8H2,1-3H3,(H2,11,12). The third-order valence-corrected chi connectivity index (χ3v) is 2.01. The first-order valence-electron chi connectivity index (χ1n) is 5.31. The van der Waals surface area contributed by atoms with Crippen molar-refractivity contribution in [1.29, 1.82) is 5.41 Å². The zero-order chi connectivity index (χ0) is 12.4. The third kappa shape index (κ3) is 6.23. The second kappa shape index (κ2) is 8.96. The largest absolute Gasteiger partial charge is 0.466 e. The Morgan fingerprint density at radius 2 is 2.12 bits per heavy atom. The van der Waals surface area contributed by atoms with Crippen molar-refractivity contribution in [1.82, 2.24) is 10.2 Å². The van der Waals surface area contributed by atoms with Crippen molar-refractivity contribution >= 4 is 11.9 Å². The minimum Gasteiger partial charge on any atom is -0.466 e. The van der Waals surface area contributed by atoms with E-state index in [1.54, 1.807) is 26.0 Å². The zero-order valence-corrected chi connectivity index (χ0v) is 10.2. The lowest BCUT2D eigenvalue weighted by molar-refractivity contribution is -0.143. The van der Waals surface area contributed by atoms with Crippen molar-refractivity contribution in [2.45, 2.75) is 13.3 Å². The molecule has 0 fully saturated rings. The third-order valence-electron chi connectivity index (χ3n) is 2.01. The van der Waals surface area contributed by atoms with Crippen LogP contribution in [0.5, 0.6) is 0 Å². The number of nitrogens with one attached hydrogen (secondary N) is 2. The molecule has 0 aromatic carbocycles. The van der Waals surface area contributed by atoms with E-state index in [1.165, 1.54) is 0 Å². The number of rotatable bonds is 7. The molecule has 0 radical (unpaired) electrons. The molecule has 0 amide bonds. The summed E-state index contributed by atoms with van der Waals surface area (Å²) in [6.07, 6.45) is 0.279. The lowest BCUT2D eigenvalue weighted by atomic mass is 10.4. The van der Waals surface area contributed by atoms with Crippen molar-refractivity contribution in [3.05, 3.63) is 0 Å². The van der Waals surface area contributed by atoms with Gasteiger partial charge in [-0.15, -0.1) is 0 Å². The van der Waals surface area contributed by atoms with Crippen molar-refractivity contribution in [2.75, 3.05) is 40.5 Å². The molecule has 0 aliphatic heterocycles. The van der Waals surface area contributed by atoms with Crippen LogP contribution in [0.25, 0.3) is 0 Å². The van der Waals surface area contributed by atoms with Gasteiger partial charge in [0.25, 0.3) is 0 Å². The van der Waals surface area contributed by atoms with Crippen LogP contribution in [-0.2, 0) is 14.3 Å². The van der Waals surface area contributed by atoms with E-state index >= 15 is 0 Å². The van der Waals surface area contributed by atoms with E-state index in [9.17, 15) is 4.79 Å². The van der Waals surface area contributed by atoms with Crippen LogP contribution >= 0.6 is 0 Å². The minimum atomic E-state index is -0.242. The number of hydrogen-bond donors (Lipinski definition) is 2. The molecule has 0 aromatic heterocycles. The van der Waals surface area contributed by atoms with Crippen LogP contribution in [0.15, 0.2) is 0 Å². The Balaban J connectivity index is 4.00. The molecule has 0 aromatic rings. The van der Waals surface area contributed by atoms with Gasteiger partial charge in [0.05, 0.1) is 19.6 Å². The highest BCUT2D eigenvalue weighted by Gasteiger charge is 2.10. The van der Waals surface area contributed by atoms with Gasteiger partial charge in [0.2, 0.25) is 0 Å². The zero-order valence-electron chi connectivity index (χ0n) is 10.2. The summed E-state index contributed by atoms with van der Waals surface area (Å²) >= 11 is 0. The van der Waals surface area contributed by atoms with Crippen LogP contribution in [-0.4, -0.2) is 57.3 Å². The van der Waals surface area contributed by atoms with Gasteiger partial charge in [-0.2, -0.15) is 0 Å². The van der Waals surface area contributed by atoms with Gasteiger partial charge >= 0.3 is 5.97 Å². The van der Waals surface area contributed by atoms with Crippen LogP contribution in [0.2, 0.25) is 0 Å². The summed E-state index contributed by atoms with van der Waals surface area (Å²) in [4.78, 5) is 12.9. The molecule has 6 heteroatoms. The number of methoxy groups -OCH3 is 1. The summed E-state index contributed by atoms with van der Waals surface area (Å²) in [5.41, 5.74) is 0. The Bertz CT molecular complexity index is 221. The van der Waals surface area contributed by atoms with Crippen LogP contribution in [0.1, 0.15) is 13.3 Å². The van der Waals surface area contributed by atoms with Gasteiger partial charge in [0.15, 0.2) is 5.96 Å². The molecule has 0 heterocycles. The molecule has 2 N–H and O–H groups in total. The fourth-order valence-corrected chi connectivity index (χ4v) is 1.15. The molecule has 0 aliphatic carbocycles. The normalized spacial score (nSPS) is 9.69. The lowest BCUT2D eigenvalue weighted by Gasteiger charge is -2.23. The van der Waals surface area contributed by atoms with E-state index in [0.29, 0.717) is 26.3 Å².